The van der Waals surface area contributed by atoms with Crippen LogP contribution in [0.25, 0.3) is 0 Å². The third kappa shape index (κ3) is 4.30. The Balaban J connectivity index is 1.45. The molecule has 8 nitrogen and oxygen atoms in total. The molecule has 222 valence electrons. The number of anilines is 1. The molecule has 4 aliphatic rings. The Hall–Kier alpha value is -4.32. The van der Waals surface area contributed by atoms with Crippen LogP contribution < -0.4 is 5.01 Å². The van der Waals surface area contributed by atoms with Crippen molar-refractivity contribution in [2.45, 2.75) is 31.9 Å². The lowest BCUT2D eigenvalue weighted by molar-refractivity contribution is -0.141. The summed E-state index contributed by atoms with van der Waals surface area (Å²) < 4.78 is 54.7. The molecule has 4 unspecified atom stereocenters. The van der Waals surface area contributed by atoms with E-state index in [2.05, 4.69) is 4.98 Å². The Bertz CT molecular complexity index is 1750. The van der Waals surface area contributed by atoms with Crippen LogP contribution in [-0.2, 0) is 25.4 Å². The molecule has 1 fully saturated rings. The largest absolute Gasteiger partial charge is 0.505 e. The van der Waals surface area contributed by atoms with Gasteiger partial charge in [0.2, 0.25) is 0 Å². The summed E-state index contributed by atoms with van der Waals surface area (Å²) in [6.45, 7) is 1.47. The Morgan fingerprint density at radius 3 is 2.49 bits per heavy atom. The maximum Gasteiger partial charge on any atom is 0.433 e. The van der Waals surface area contributed by atoms with Crippen LogP contribution in [0, 0.1) is 23.6 Å². The number of alkyl halides is 3. The van der Waals surface area contributed by atoms with Crippen molar-refractivity contribution in [1.82, 2.24) is 9.99 Å². The number of hydrogen-bond acceptors (Lipinski definition) is 7. The van der Waals surface area contributed by atoms with Gasteiger partial charge in [0.25, 0.3) is 11.8 Å². The summed E-state index contributed by atoms with van der Waals surface area (Å²) in [5.41, 5.74) is -0.421. The summed E-state index contributed by atoms with van der Waals surface area (Å²) >= 11 is 6.15. The van der Waals surface area contributed by atoms with E-state index in [-0.39, 0.29) is 40.1 Å². The molecule has 13 heteroatoms. The smallest absolute Gasteiger partial charge is 0.433 e. The maximum absolute atomic E-state index is 14.5. The van der Waals surface area contributed by atoms with Crippen molar-refractivity contribution >= 4 is 40.8 Å². The number of Topliss-reactive ketones (excluding diaryl/α,β-unsaturated/α-hetero) is 1. The van der Waals surface area contributed by atoms with Gasteiger partial charge < -0.3 is 5.11 Å². The number of aromatic hydroxyl groups is 1. The van der Waals surface area contributed by atoms with Crippen molar-refractivity contribution < 1.29 is 41.8 Å². The van der Waals surface area contributed by atoms with Crippen molar-refractivity contribution in [2.24, 2.45) is 17.8 Å². The molecular weight excluding hydrogens is 594 g/mol. The molecule has 6 rings (SSSR count). The fourth-order valence-electron chi connectivity index (χ4n) is 6.69. The Labute approximate surface area is 246 Å². The third-order valence-electron chi connectivity index (χ3n) is 8.59. The van der Waals surface area contributed by atoms with E-state index in [4.69, 9.17) is 11.6 Å². The second kappa shape index (κ2) is 9.87. The van der Waals surface area contributed by atoms with E-state index in [0.29, 0.717) is 16.6 Å². The minimum Gasteiger partial charge on any atom is -0.505 e. The molecule has 1 N–H and O–H groups in total. The molecular formula is C30H22ClF4N3O5. The van der Waals surface area contributed by atoms with Gasteiger partial charge in [-0.05, 0) is 50.0 Å². The molecule has 0 radical (unpaired) electrons. The van der Waals surface area contributed by atoms with Gasteiger partial charge in [-0.15, -0.1) is 0 Å². The lowest BCUT2D eigenvalue weighted by Gasteiger charge is -2.42. The number of para-hydroxylation sites is 1. The number of benzene rings is 1. The number of hydrogen-bond donors (Lipinski definition) is 1. The zero-order valence-corrected chi connectivity index (χ0v) is 23.3. The molecule has 2 heterocycles. The van der Waals surface area contributed by atoms with Crippen molar-refractivity contribution in [3.63, 3.8) is 0 Å². The van der Waals surface area contributed by atoms with Crippen LogP contribution in [0.5, 0.6) is 5.75 Å². The monoisotopic (exact) mass is 615 g/mol. The average molecular weight is 616 g/mol. The van der Waals surface area contributed by atoms with E-state index >= 15 is 0 Å². The normalized spacial score (nSPS) is 25.3. The number of ketones is 2. The van der Waals surface area contributed by atoms with Crippen LogP contribution in [0.3, 0.4) is 0 Å². The summed E-state index contributed by atoms with van der Waals surface area (Å²) in [6.07, 6.45) is -2.03. The average Bonchev–Trinajstić information content (AvgIpc) is 3.21. The SMILES string of the molecule is CC1=CC(=O)C2=C(CC3C(=CCC4C(=O)N(N(C)c5nc(C(F)(F)F)ccc5Cl)C(=O)C43)C2c2cccc(F)c2O)C1=O. The maximum atomic E-state index is 14.5. The number of nitrogens with zero attached hydrogens (tertiary/aromatic N) is 3. The van der Waals surface area contributed by atoms with Gasteiger partial charge in [-0.3, -0.25) is 24.2 Å². The molecule has 2 aromatic rings. The van der Waals surface area contributed by atoms with E-state index in [1.165, 1.54) is 32.2 Å². The summed E-state index contributed by atoms with van der Waals surface area (Å²) in [6, 6.07) is 5.46. The summed E-state index contributed by atoms with van der Waals surface area (Å²) in [5.74, 6) is -8.39. The molecule has 2 amide bonds. The number of imide groups is 1. The van der Waals surface area contributed by atoms with Crippen LogP contribution in [0.2, 0.25) is 5.02 Å². The highest BCUT2D eigenvalue weighted by molar-refractivity contribution is 6.33. The number of carbonyl (C=O) groups excluding carboxylic acids is 4. The van der Waals surface area contributed by atoms with E-state index in [1.54, 1.807) is 6.08 Å². The zero-order chi connectivity index (χ0) is 31.1. The Morgan fingerprint density at radius 1 is 1.07 bits per heavy atom. The highest BCUT2D eigenvalue weighted by atomic mass is 35.5. The number of aromatic nitrogens is 1. The lowest BCUT2D eigenvalue weighted by atomic mass is 9.59. The number of carbonyl (C=O) groups is 4. The zero-order valence-electron chi connectivity index (χ0n) is 22.6. The molecule has 0 bridgehead atoms. The topological polar surface area (TPSA) is 108 Å². The standard InChI is InChI=1S/C30H22ClF4N3O5/c1-12-10-20(39)24-17(25(12)40)11-16-13(22(24)14-4-3-5-19(32)26(14)41)6-7-15-23(16)29(43)38(28(15)42)37(2)27-18(31)8-9-21(36-27)30(33,34)35/h3-6,8-10,15-16,22-23,41H,7,11H2,1-2H3. The predicted octanol–water partition coefficient (Wildman–Crippen LogP) is 5.08. The minimum atomic E-state index is -4.81. The van der Waals surface area contributed by atoms with Crippen molar-refractivity contribution in [2.75, 3.05) is 12.1 Å². The molecule has 1 aromatic heterocycles. The van der Waals surface area contributed by atoms with Crippen molar-refractivity contribution in [3.05, 3.63) is 86.9 Å². The predicted molar refractivity (Wildman–Crippen MR) is 144 cm³/mol. The van der Waals surface area contributed by atoms with Gasteiger partial charge in [0.05, 0.1) is 16.9 Å². The molecule has 4 atom stereocenters. The first kappa shape index (κ1) is 28.8. The van der Waals surface area contributed by atoms with Gasteiger partial charge in [0.1, 0.15) is 5.69 Å². The third-order valence-corrected chi connectivity index (χ3v) is 8.89. The number of halogens is 5. The molecule has 1 aliphatic heterocycles. The van der Waals surface area contributed by atoms with Crippen LogP contribution in [0.1, 0.15) is 36.9 Å². The Kier molecular flexibility index (Phi) is 6.60. The van der Waals surface area contributed by atoms with E-state index in [0.717, 1.165) is 17.1 Å². The summed E-state index contributed by atoms with van der Waals surface area (Å²) in [4.78, 5) is 57.8. The highest BCUT2D eigenvalue weighted by Crippen LogP contribution is 2.56. The lowest BCUT2D eigenvalue weighted by Crippen LogP contribution is -2.46. The van der Waals surface area contributed by atoms with Gasteiger partial charge in [-0.25, -0.2) is 9.37 Å². The Morgan fingerprint density at radius 2 is 1.79 bits per heavy atom. The first-order chi connectivity index (χ1) is 20.2. The molecule has 0 saturated carbocycles. The second-order valence-electron chi connectivity index (χ2n) is 10.9. The van der Waals surface area contributed by atoms with E-state index in [1.807, 2.05) is 0 Å². The van der Waals surface area contributed by atoms with E-state index in [9.17, 15) is 41.8 Å². The fraction of sp³-hybridized carbons (Fsp3) is 0.300. The van der Waals surface area contributed by atoms with Crippen LogP contribution in [0.15, 0.2) is 64.8 Å². The van der Waals surface area contributed by atoms with Gasteiger partial charge in [0, 0.05) is 35.2 Å². The number of pyridine rings is 1. The fourth-order valence-corrected chi connectivity index (χ4v) is 6.92. The van der Waals surface area contributed by atoms with E-state index < -0.39 is 76.3 Å². The first-order valence-electron chi connectivity index (χ1n) is 13.2. The first-order valence-corrected chi connectivity index (χ1v) is 13.6. The number of allylic oxidation sites excluding steroid dienone is 6. The minimum absolute atomic E-state index is 0.0152. The van der Waals surface area contributed by atoms with Crippen LogP contribution in [-0.4, -0.2) is 45.5 Å². The van der Waals surface area contributed by atoms with Crippen LogP contribution >= 0.6 is 11.6 Å². The number of phenolic OH excluding ortho intramolecular Hbond substituents is 1. The number of rotatable bonds is 3. The van der Waals surface area contributed by atoms with Gasteiger partial charge in [0.15, 0.2) is 29.0 Å². The van der Waals surface area contributed by atoms with Gasteiger partial charge in [-0.2, -0.15) is 18.2 Å². The van der Waals surface area contributed by atoms with Crippen LogP contribution in [0.4, 0.5) is 23.4 Å². The molecule has 1 saturated heterocycles. The summed E-state index contributed by atoms with van der Waals surface area (Å²) in [5, 5.41) is 12.0. The molecule has 0 spiro atoms. The second-order valence-corrected chi connectivity index (χ2v) is 11.3. The quantitative estimate of drug-likeness (QED) is 0.222. The number of hydrazine groups is 1. The number of fused-ring (bicyclic) bond motifs is 3. The van der Waals surface area contributed by atoms with Crippen molar-refractivity contribution in [1.29, 1.82) is 0 Å². The van der Waals surface area contributed by atoms with Crippen molar-refractivity contribution in [3.8, 4) is 5.75 Å². The highest BCUT2D eigenvalue weighted by Gasteiger charge is 2.58. The molecule has 3 aliphatic carbocycles. The summed E-state index contributed by atoms with van der Waals surface area (Å²) in [7, 11) is 1.20. The van der Waals surface area contributed by atoms with Gasteiger partial charge >= 0.3 is 6.18 Å². The number of amides is 2. The molecule has 43 heavy (non-hydrogen) atoms. The molecule has 1 aromatic carbocycles. The number of phenols is 1. The van der Waals surface area contributed by atoms with Gasteiger partial charge in [-0.1, -0.05) is 35.4 Å².